The lowest BCUT2D eigenvalue weighted by Gasteiger charge is -2.28. The first-order chi connectivity index (χ1) is 8.65. The van der Waals surface area contributed by atoms with Crippen molar-refractivity contribution in [2.24, 2.45) is 0 Å². The molecule has 2 rings (SSSR count). The number of para-hydroxylation sites is 1. The van der Waals surface area contributed by atoms with Crippen molar-refractivity contribution in [3.63, 3.8) is 0 Å². The molecule has 1 aliphatic heterocycles. The van der Waals surface area contributed by atoms with Crippen LogP contribution in [0.3, 0.4) is 0 Å². The lowest BCUT2D eigenvalue weighted by Crippen LogP contribution is -2.37. The summed E-state index contributed by atoms with van der Waals surface area (Å²) in [4.78, 5) is 2.30. The maximum absolute atomic E-state index is 9.57. The highest BCUT2D eigenvalue weighted by molar-refractivity contribution is 5.53. The Bertz CT molecular complexity index is 449. The molecule has 1 aromatic carbocycles. The van der Waals surface area contributed by atoms with Crippen LogP contribution in [0.2, 0.25) is 0 Å². The van der Waals surface area contributed by atoms with E-state index in [1.165, 1.54) is 5.56 Å². The second-order valence-electron chi connectivity index (χ2n) is 5.29. The van der Waals surface area contributed by atoms with Gasteiger partial charge in [0.05, 0.1) is 6.07 Å². The maximum Gasteiger partial charge on any atom is 0.126 e. The predicted molar refractivity (Wildman–Crippen MR) is 74.5 cm³/mol. The van der Waals surface area contributed by atoms with Gasteiger partial charge in [0.2, 0.25) is 0 Å². The molecule has 0 saturated carbocycles. The summed E-state index contributed by atoms with van der Waals surface area (Å²) in [6.45, 7) is 4.14. The monoisotopic (exact) mass is 243 g/mol. The number of benzene rings is 1. The summed E-state index contributed by atoms with van der Waals surface area (Å²) in [6.07, 6.45) is 2.87. The van der Waals surface area contributed by atoms with E-state index in [1.807, 2.05) is 12.1 Å². The number of hydrogen-bond acceptors (Lipinski definition) is 3. The number of anilines is 1. The molecule has 1 atom stereocenters. The van der Waals surface area contributed by atoms with Crippen LogP contribution in [0.4, 0.5) is 5.69 Å². The van der Waals surface area contributed by atoms with Gasteiger partial charge in [-0.15, -0.1) is 0 Å². The summed E-state index contributed by atoms with van der Waals surface area (Å²) in [6, 6.07) is 10.7. The lowest BCUT2D eigenvalue weighted by atomic mass is 9.91. The van der Waals surface area contributed by atoms with Crippen LogP contribution in [-0.4, -0.2) is 30.6 Å². The molecule has 18 heavy (non-hydrogen) atoms. The van der Waals surface area contributed by atoms with Gasteiger partial charge < -0.3 is 10.2 Å². The molecule has 0 radical (unpaired) electrons. The van der Waals surface area contributed by atoms with Gasteiger partial charge in [-0.1, -0.05) is 18.2 Å². The van der Waals surface area contributed by atoms with Crippen molar-refractivity contribution in [2.75, 3.05) is 25.5 Å². The van der Waals surface area contributed by atoms with Gasteiger partial charge in [0, 0.05) is 12.2 Å². The molecule has 1 aromatic rings. The van der Waals surface area contributed by atoms with Crippen molar-refractivity contribution in [2.45, 2.75) is 31.7 Å². The lowest BCUT2D eigenvalue weighted by molar-refractivity contribution is 0.345. The van der Waals surface area contributed by atoms with Gasteiger partial charge in [-0.05, 0) is 51.4 Å². The molecule has 1 fully saturated rings. The Morgan fingerprint density at radius 2 is 2.06 bits per heavy atom. The van der Waals surface area contributed by atoms with E-state index in [9.17, 15) is 5.26 Å². The largest absolute Gasteiger partial charge is 0.367 e. The number of nitriles is 1. The molecule has 0 amide bonds. The van der Waals surface area contributed by atoms with E-state index < -0.39 is 5.54 Å². The number of rotatable bonds is 2. The molecule has 0 bridgehead atoms. The molecule has 1 saturated heterocycles. The third kappa shape index (κ3) is 2.83. The van der Waals surface area contributed by atoms with Crippen molar-refractivity contribution in [3.8, 4) is 6.07 Å². The summed E-state index contributed by atoms with van der Waals surface area (Å²) in [5.41, 5.74) is 1.88. The molecule has 0 aromatic heterocycles. The van der Waals surface area contributed by atoms with Crippen molar-refractivity contribution in [1.29, 1.82) is 5.26 Å². The fourth-order valence-corrected chi connectivity index (χ4v) is 2.50. The van der Waals surface area contributed by atoms with Crippen LogP contribution >= 0.6 is 0 Å². The molecule has 96 valence electrons. The van der Waals surface area contributed by atoms with Gasteiger partial charge in [0.15, 0.2) is 0 Å². The second kappa shape index (κ2) is 5.41. The van der Waals surface area contributed by atoms with Gasteiger partial charge in [-0.25, -0.2) is 0 Å². The zero-order valence-electron chi connectivity index (χ0n) is 11.2. The molecule has 3 heteroatoms. The minimum atomic E-state index is -0.406. The van der Waals surface area contributed by atoms with E-state index in [1.54, 1.807) is 0 Å². The zero-order valence-corrected chi connectivity index (χ0v) is 11.2. The first kappa shape index (κ1) is 12.9. The SMILES string of the molecule is Cc1ccccc1NC1(C#N)CCCN(C)CC1. The average molecular weight is 243 g/mol. The number of nitrogens with one attached hydrogen (secondary N) is 1. The fourth-order valence-electron chi connectivity index (χ4n) is 2.50. The van der Waals surface area contributed by atoms with Crippen molar-refractivity contribution in [3.05, 3.63) is 29.8 Å². The van der Waals surface area contributed by atoms with Gasteiger partial charge in [-0.2, -0.15) is 5.26 Å². The summed E-state index contributed by atoms with van der Waals surface area (Å²) >= 11 is 0. The van der Waals surface area contributed by atoms with Crippen LogP contribution in [0.5, 0.6) is 0 Å². The van der Waals surface area contributed by atoms with Crippen LogP contribution in [0.15, 0.2) is 24.3 Å². The van der Waals surface area contributed by atoms with E-state index >= 15 is 0 Å². The van der Waals surface area contributed by atoms with Crippen molar-refractivity contribution >= 4 is 5.69 Å². The number of nitrogens with zero attached hydrogens (tertiary/aromatic N) is 2. The molecule has 1 aliphatic rings. The molecule has 1 N–H and O–H groups in total. The van der Waals surface area contributed by atoms with E-state index in [4.69, 9.17) is 0 Å². The van der Waals surface area contributed by atoms with Crippen molar-refractivity contribution < 1.29 is 0 Å². The van der Waals surface area contributed by atoms with Gasteiger partial charge in [0.1, 0.15) is 5.54 Å². The smallest absolute Gasteiger partial charge is 0.126 e. The van der Waals surface area contributed by atoms with Crippen LogP contribution < -0.4 is 5.32 Å². The fraction of sp³-hybridized carbons (Fsp3) is 0.533. The van der Waals surface area contributed by atoms with Crippen LogP contribution in [-0.2, 0) is 0 Å². The first-order valence-electron chi connectivity index (χ1n) is 6.59. The highest BCUT2D eigenvalue weighted by Gasteiger charge is 2.32. The van der Waals surface area contributed by atoms with Crippen LogP contribution in [0.25, 0.3) is 0 Å². The third-order valence-corrected chi connectivity index (χ3v) is 3.80. The molecule has 1 unspecified atom stereocenters. The molecule has 0 spiro atoms. The summed E-state index contributed by atoms with van der Waals surface area (Å²) in [5, 5.41) is 13.1. The Hall–Kier alpha value is -1.53. The Morgan fingerprint density at radius 3 is 2.78 bits per heavy atom. The summed E-state index contributed by atoms with van der Waals surface area (Å²) in [5.74, 6) is 0. The van der Waals surface area contributed by atoms with Gasteiger partial charge in [-0.3, -0.25) is 0 Å². The normalized spacial score (nSPS) is 25.2. The van der Waals surface area contributed by atoms with Crippen LogP contribution in [0, 0.1) is 18.3 Å². The third-order valence-electron chi connectivity index (χ3n) is 3.80. The Labute approximate surface area is 109 Å². The zero-order chi connectivity index (χ0) is 13.0. The minimum Gasteiger partial charge on any atom is -0.367 e. The topological polar surface area (TPSA) is 39.1 Å². The number of hydrogen-bond donors (Lipinski definition) is 1. The summed E-state index contributed by atoms with van der Waals surface area (Å²) < 4.78 is 0. The van der Waals surface area contributed by atoms with E-state index in [0.29, 0.717) is 0 Å². The van der Waals surface area contributed by atoms with Crippen LogP contribution in [0.1, 0.15) is 24.8 Å². The number of likely N-dealkylation sites (tertiary alicyclic amines) is 1. The highest BCUT2D eigenvalue weighted by Crippen LogP contribution is 2.27. The first-order valence-corrected chi connectivity index (χ1v) is 6.59. The Balaban J connectivity index is 2.18. The molecule has 0 aliphatic carbocycles. The maximum atomic E-state index is 9.57. The molecular formula is C15H21N3. The van der Waals surface area contributed by atoms with E-state index in [-0.39, 0.29) is 0 Å². The van der Waals surface area contributed by atoms with Crippen molar-refractivity contribution in [1.82, 2.24) is 4.90 Å². The molecular weight excluding hydrogens is 222 g/mol. The van der Waals surface area contributed by atoms with Gasteiger partial charge in [0.25, 0.3) is 0 Å². The van der Waals surface area contributed by atoms with E-state index in [0.717, 1.165) is 38.0 Å². The minimum absolute atomic E-state index is 0.406. The Morgan fingerprint density at radius 1 is 1.28 bits per heavy atom. The predicted octanol–water partition coefficient (Wildman–Crippen LogP) is 2.79. The quantitative estimate of drug-likeness (QED) is 0.868. The number of aryl methyl sites for hydroxylation is 1. The summed E-state index contributed by atoms with van der Waals surface area (Å²) in [7, 11) is 2.13. The average Bonchev–Trinajstić information content (AvgIpc) is 2.56. The standard InChI is InChI=1S/C15H21N3/c1-13-6-3-4-7-14(13)17-15(12-16)8-5-10-18(2)11-9-15/h3-4,6-7,17H,5,8-11H2,1-2H3. The highest BCUT2D eigenvalue weighted by atomic mass is 15.1. The molecule has 1 heterocycles. The Kier molecular flexibility index (Phi) is 3.88. The van der Waals surface area contributed by atoms with E-state index in [2.05, 4.69) is 42.4 Å². The van der Waals surface area contributed by atoms with Gasteiger partial charge >= 0.3 is 0 Å². The molecule has 3 nitrogen and oxygen atoms in total. The second-order valence-corrected chi connectivity index (χ2v) is 5.29.